The van der Waals surface area contributed by atoms with E-state index in [1.165, 1.54) is 17.3 Å². The number of carbonyl (C=O) groups excluding carboxylic acids is 3. The van der Waals surface area contributed by atoms with Crippen LogP contribution in [0.4, 0.5) is 5.69 Å². The molecule has 168 valence electrons. The largest absolute Gasteiger partial charge is 0.378 e. The first-order chi connectivity index (χ1) is 15.5. The third kappa shape index (κ3) is 4.97. The van der Waals surface area contributed by atoms with E-state index in [-0.39, 0.29) is 23.5 Å². The van der Waals surface area contributed by atoms with Gasteiger partial charge in [0, 0.05) is 30.2 Å². The number of para-hydroxylation sites is 1. The lowest BCUT2D eigenvalue weighted by atomic mass is 10.2. The first-order valence-corrected chi connectivity index (χ1v) is 11.8. The van der Waals surface area contributed by atoms with Crippen molar-refractivity contribution in [1.82, 2.24) is 10.2 Å². The van der Waals surface area contributed by atoms with Gasteiger partial charge in [0.25, 0.3) is 5.91 Å². The molecule has 0 bridgehead atoms. The van der Waals surface area contributed by atoms with Gasteiger partial charge in [0.2, 0.25) is 11.8 Å². The van der Waals surface area contributed by atoms with Crippen LogP contribution < -0.4 is 10.2 Å². The van der Waals surface area contributed by atoms with E-state index in [1.54, 1.807) is 24.0 Å². The van der Waals surface area contributed by atoms with Crippen LogP contribution in [0.2, 0.25) is 0 Å². The standard InChI is InChI=1S/C24H27N3O4S/c1-17(24(30)26-12-14-31-15-13-26)25-23(29)19-7-3-5-9-21(19)32-16-22(28)27-11-10-18-6-2-4-8-20(18)27/h2-9,17H,10-16H2,1H3,(H,25,29). The molecule has 0 aliphatic carbocycles. The van der Waals surface area contributed by atoms with Crippen LogP contribution >= 0.6 is 11.8 Å². The van der Waals surface area contributed by atoms with Gasteiger partial charge in [-0.05, 0) is 37.1 Å². The van der Waals surface area contributed by atoms with Gasteiger partial charge in [0.15, 0.2) is 0 Å². The van der Waals surface area contributed by atoms with E-state index in [0.717, 1.165) is 17.0 Å². The summed E-state index contributed by atoms with van der Waals surface area (Å²) in [6.07, 6.45) is 0.862. The van der Waals surface area contributed by atoms with Crippen molar-refractivity contribution < 1.29 is 19.1 Å². The molecule has 8 heteroatoms. The first-order valence-electron chi connectivity index (χ1n) is 10.8. The number of fused-ring (bicyclic) bond motifs is 1. The summed E-state index contributed by atoms with van der Waals surface area (Å²) >= 11 is 1.34. The Balaban J connectivity index is 1.37. The Bertz CT molecular complexity index is 1010. The summed E-state index contributed by atoms with van der Waals surface area (Å²) in [6, 6.07) is 14.5. The summed E-state index contributed by atoms with van der Waals surface area (Å²) in [5.74, 6) is -0.178. The Kier molecular flexibility index (Phi) is 7.12. The van der Waals surface area contributed by atoms with Crippen molar-refractivity contribution in [3.05, 3.63) is 59.7 Å². The molecule has 2 heterocycles. The minimum absolute atomic E-state index is 0.0195. The number of morpholine rings is 1. The molecule has 0 radical (unpaired) electrons. The molecule has 2 aromatic rings. The highest BCUT2D eigenvalue weighted by Crippen LogP contribution is 2.29. The van der Waals surface area contributed by atoms with Gasteiger partial charge in [-0.1, -0.05) is 30.3 Å². The van der Waals surface area contributed by atoms with Crippen molar-refractivity contribution in [3.8, 4) is 0 Å². The van der Waals surface area contributed by atoms with Crippen LogP contribution in [0.5, 0.6) is 0 Å². The lowest BCUT2D eigenvalue weighted by Crippen LogP contribution is -2.50. The molecule has 1 N–H and O–H groups in total. The van der Waals surface area contributed by atoms with Crippen molar-refractivity contribution in [1.29, 1.82) is 0 Å². The SMILES string of the molecule is CC(NC(=O)c1ccccc1SCC(=O)N1CCc2ccccc21)C(=O)N1CCOCC1. The molecule has 0 aromatic heterocycles. The summed E-state index contributed by atoms with van der Waals surface area (Å²) < 4.78 is 5.28. The fraction of sp³-hybridized carbons (Fsp3) is 0.375. The van der Waals surface area contributed by atoms with Gasteiger partial charge in [-0.15, -0.1) is 11.8 Å². The number of carbonyl (C=O) groups is 3. The number of ether oxygens (including phenoxy) is 1. The monoisotopic (exact) mass is 453 g/mol. The van der Waals surface area contributed by atoms with Crippen LogP contribution in [0.1, 0.15) is 22.8 Å². The summed E-state index contributed by atoms with van der Waals surface area (Å²) in [4.78, 5) is 42.6. The highest BCUT2D eigenvalue weighted by molar-refractivity contribution is 8.00. The van der Waals surface area contributed by atoms with E-state index in [9.17, 15) is 14.4 Å². The molecule has 2 aliphatic heterocycles. The fourth-order valence-electron chi connectivity index (χ4n) is 3.99. The van der Waals surface area contributed by atoms with E-state index >= 15 is 0 Å². The molecule has 3 amide bonds. The van der Waals surface area contributed by atoms with E-state index < -0.39 is 6.04 Å². The van der Waals surface area contributed by atoms with Gasteiger partial charge in [0.1, 0.15) is 6.04 Å². The molecule has 7 nitrogen and oxygen atoms in total. The molecule has 1 fully saturated rings. The van der Waals surface area contributed by atoms with Crippen LogP contribution in [0.3, 0.4) is 0 Å². The molecule has 1 unspecified atom stereocenters. The second-order valence-electron chi connectivity index (χ2n) is 7.84. The maximum Gasteiger partial charge on any atom is 0.253 e. The Hall–Kier alpha value is -2.84. The maximum atomic E-state index is 12.9. The number of thioether (sulfide) groups is 1. The zero-order valence-electron chi connectivity index (χ0n) is 18.1. The number of nitrogens with zero attached hydrogens (tertiary/aromatic N) is 2. The second-order valence-corrected chi connectivity index (χ2v) is 8.86. The lowest BCUT2D eigenvalue weighted by molar-refractivity contribution is -0.136. The highest BCUT2D eigenvalue weighted by atomic mass is 32.2. The van der Waals surface area contributed by atoms with Crippen LogP contribution in [0.15, 0.2) is 53.4 Å². The highest BCUT2D eigenvalue weighted by Gasteiger charge is 2.26. The van der Waals surface area contributed by atoms with Crippen molar-refractivity contribution in [2.24, 2.45) is 0 Å². The maximum absolute atomic E-state index is 12.9. The van der Waals surface area contributed by atoms with Crippen LogP contribution in [-0.4, -0.2) is 67.3 Å². The third-order valence-electron chi connectivity index (χ3n) is 5.71. The van der Waals surface area contributed by atoms with Gasteiger partial charge in [-0.3, -0.25) is 14.4 Å². The number of anilines is 1. The zero-order valence-corrected chi connectivity index (χ0v) is 18.9. The van der Waals surface area contributed by atoms with Crippen molar-refractivity contribution in [3.63, 3.8) is 0 Å². The van der Waals surface area contributed by atoms with Gasteiger partial charge < -0.3 is 19.9 Å². The number of amides is 3. The number of nitrogens with one attached hydrogen (secondary N) is 1. The fourth-order valence-corrected chi connectivity index (χ4v) is 4.91. The average molecular weight is 454 g/mol. The summed E-state index contributed by atoms with van der Waals surface area (Å²) in [6.45, 7) is 4.48. The molecule has 1 saturated heterocycles. The third-order valence-corrected chi connectivity index (χ3v) is 6.77. The number of rotatable bonds is 6. The van der Waals surface area contributed by atoms with Gasteiger partial charge in [-0.2, -0.15) is 0 Å². The first kappa shape index (κ1) is 22.4. The Morgan fingerprint density at radius 2 is 1.75 bits per heavy atom. The van der Waals surface area contributed by atoms with Crippen LogP contribution in [0.25, 0.3) is 0 Å². The minimum Gasteiger partial charge on any atom is -0.378 e. The molecular formula is C24H27N3O4S. The zero-order chi connectivity index (χ0) is 22.5. The van der Waals surface area contributed by atoms with E-state index in [1.807, 2.05) is 35.2 Å². The van der Waals surface area contributed by atoms with Crippen LogP contribution in [0, 0.1) is 0 Å². The van der Waals surface area contributed by atoms with Gasteiger partial charge >= 0.3 is 0 Å². The Labute approximate surface area is 192 Å². The molecule has 4 rings (SSSR count). The van der Waals surface area contributed by atoms with Crippen molar-refractivity contribution in [2.75, 3.05) is 43.5 Å². The summed E-state index contributed by atoms with van der Waals surface area (Å²) in [7, 11) is 0. The van der Waals surface area contributed by atoms with Gasteiger partial charge in [-0.25, -0.2) is 0 Å². The molecule has 32 heavy (non-hydrogen) atoms. The number of benzene rings is 2. The Morgan fingerprint density at radius 3 is 2.56 bits per heavy atom. The van der Waals surface area contributed by atoms with Crippen molar-refractivity contribution >= 4 is 35.2 Å². The summed E-state index contributed by atoms with van der Waals surface area (Å²) in [5, 5.41) is 2.81. The summed E-state index contributed by atoms with van der Waals surface area (Å²) in [5.41, 5.74) is 2.62. The molecular weight excluding hydrogens is 426 g/mol. The topological polar surface area (TPSA) is 79.0 Å². The molecule has 0 spiro atoms. The second kappa shape index (κ2) is 10.2. The van der Waals surface area contributed by atoms with E-state index in [4.69, 9.17) is 4.74 Å². The minimum atomic E-state index is -0.638. The normalized spacial score (nSPS) is 16.4. The molecule has 0 saturated carbocycles. The predicted octanol–water partition coefficient (Wildman–Crippen LogP) is 2.35. The molecule has 2 aromatic carbocycles. The van der Waals surface area contributed by atoms with Crippen molar-refractivity contribution in [2.45, 2.75) is 24.3 Å². The predicted molar refractivity (Wildman–Crippen MR) is 124 cm³/mol. The lowest BCUT2D eigenvalue weighted by Gasteiger charge is -2.29. The average Bonchev–Trinajstić information content (AvgIpc) is 3.27. The molecule has 2 aliphatic rings. The number of hydrogen-bond donors (Lipinski definition) is 1. The quantitative estimate of drug-likeness (QED) is 0.680. The van der Waals surface area contributed by atoms with Crippen LogP contribution in [-0.2, 0) is 20.7 Å². The Morgan fingerprint density at radius 1 is 1.03 bits per heavy atom. The van der Waals surface area contributed by atoms with Gasteiger partial charge in [0.05, 0.1) is 24.5 Å². The smallest absolute Gasteiger partial charge is 0.253 e. The van der Waals surface area contributed by atoms with E-state index in [2.05, 4.69) is 11.4 Å². The van der Waals surface area contributed by atoms with E-state index in [0.29, 0.717) is 38.4 Å². The number of hydrogen-bond acceptors (Lipinski definition) is 5. The molecule has 1 atom stereocenters.